The Labute approximate surface area is 150 Å². The second kappa shape index (κ2) is 8.99. The van der Waals surface area contributed by atoms with E-state index in [4.69, 9.17) is 0 Å². The number of likely N-dealkylation sites (tertiary alicyclic amines) is 1. The largest absolute Gasteiger partial charge is 0.339 e. The van der Waals surface area contributed by atoms with Crippen LogP contribution in [0.25, 0.3) is 0 Å². The number of hydrogen-bond donors (Lipinski definition) is 1. The summed E-state index contributed by atoms with van der Waals surface area (Å²) < 4.78 is 0. The molecule has 2 aliphatic heterocycles. The Balaban J connectivity index is 1.40. The van der Waals surface area contributed by atoms with Gasteiger partial charge in [-0.1, -0.05) is 6.92 Å². The zero-order valence-corrected chi connectivity index (χ0v) is 15.2. The molecule has 0 saturated carbocycles. The predicted molar refractivity (Wildman–Crippen MR) is 98.7 cm³/mol. The van der Waals surface area contributed by atoms with Gasteiger partial charge < -0.3 is 20.0 Å². The third kappa shape index (κ3) is 5.29. The van der Waals surface area contributed by atoms with Gasteiger partial charge >= 0.3 is 6.03 Å². The van der Waals surface area contributed by atoms with Crippen LogP contribution in [0.4, 0.5) is 10.7 Å². The lowest BCUT2D eigenvalue weighted by Gasteiger charge is -2.31. The number of urea groups is 1. The maximum absolute atomic E-state index is 12.4. The van der Waals surface area contributed by atoms with Crippen molar-refractivity contribution in [3.63, 3.8) is 0 Å². The summed E-state index contributed by atoms with van der Waals surface area (Å²) in [5, 5.41) is 3.09. The number of anilines is 1. The molecule has 0 spiro atoms. The lowest BCUT2D eigenvalue weighted by Crippen LogP contribution is -2.45. The lowest BCUT2D eigenvalue weighted by atomic mass is 10.0. The minimum absolute atomic E-state index is 0.0564. The van der Waals surface area contributed by atoms with E-state index < -0.39 is 0 Å². The van der Waals surface area contributed by atoms with Gasteiger partial charge in [0.05, 0.1) is 0 Å². The van der Waals surface area contributed by atoms with Crippen molar-refractivity contribution in [2.45, 2.75) is 26.2 Å². The first-order chi connectivity index (χ1) is 12.2. The summed E-state index contributed by atoms with van der Waals surface area (Å²) in [7, 11) is 0. The van der Waals surface area contributed by atoms with Gasteiger partial charge in [-0.2, -0.15) is 0 Å². The van der Waals surface area contributed by atoms with Gasteiger partial charge in [0.25, 0.3) is 0 Å². The molecular weight excluding hydrogens is 316 g/mol. The average molecular weight is 346 g/mol. The van der Waals surface area contributed by atoms with Gasteiger partial charge in [0.2, 0.25) is 5.95 Å². The molecule has 0 bridgehead atoms. The van der Waals surface area contributed by atoms with Crippen LogP contribution in [0.5, 0.6) is 0 Å². The molecule has 1 aromatic heterocycles. The highest BCUT2D eigenvalue weighted by molar-refractivity contribution is 5.74. The van der Waals surface area contributed by atoms with Crippen molar-refractivity contribution in [3.8, 4) is 0 Å². The molecule has 2 amide bonds. The van der Waals surface area contributed by atoms with E-state index in [1.165, 1.54) is 12.8 Å². The Hall–Kier alpha value is -1.89. The van der Waals surface area contributed by atoms with Crippen LogP contribution in [0.1, 0.15) is 26.2 Å². The molecule has 3 rings (SSSR count). The Kier molecular flexibility index (Phi) is 6.44. The number of piperidine rings is 1. The van der Waals surface area contributed by atoms with Crippen molar-refractivity contribution < 1.29 is 4.79 Å². The quantitative estimate of drug-likeness (QED) is 0.893. The van der Waals surface area contributed by atoms with E-state index >= 15 is 0 Å². The summed E-state index contributed by atoms with van der Waals surface area (Å²) >= 11 is 0. The topological polar surface area (TPSA) is 64.6 Å². The minimum Gasteiger partial charge on any atom is -0.339 e. The van der Waals surface area contributed by atoms with Crippen LogP contribution >= 0.6 is 0 Å². The van der Waals surface area contributed by atoms with E-state index in [0.29, 0.717) is 6.54 Å². The predicted octanol–water partition coefficient (Wildman–Crippen LogP) is 1.43. The molecular formula is C18H30N6O. The number of nitrogens with one attached hydrogen (secondary N) is 1. The van der Waals surface area contributed by atoms with Gasteiger partial charge in [-0.25, -0.2) is 14.8 Å². The number of aromatic nitrogens is 2. The van der Waals surface area contributed by atoms with Gasteiger partial charge in [-0.3, -0.25) is 0 Å². The van der Waals surface area contributed by atoms with Gasteiger partial charge in [-0.05, 0) is 37.8 Å². The molecule has 1 aromatic rings. The highest BCUT2D eigenvalue weighted by atomic mass is 16.2. The van der Waals surface area contributed by atoms with E-state index in [1.807, 2.05) is 11.0 Å². The lowest BCUT2D eigenvalue weighted by molar-refractivity contribution is 0.177. The van der Waals surface area contributed by atoms with Crippen molar-refractivity contribution >= 4 is 12.0 Å². The molecule has 7 nitrogen and oxygen atoms in total. The van der Waals surface area contributed by atoms with E-state index in [0.717, 1.165) is 64.1 Å². The zero-order chi connectivity index (χ0) is 17.5. The SMILES string of the molecule is C[C@@H]1CCCN(CCNC(=O)N2CCCN(c3ncccn3)CC2)C1. The highest BCUT2D eigenvalue weighted by Gasteiger charge is 2.21. The van der Waals surface area contributed by atoms with E-state index in [1.54, 1.807) is 12.4 Å². The number of carbonyl (C=O) groups is 1. The molecule has 1 atom stereocenters. The third-order valence-corrected chi connectivity index (χ3v) is 5.06. The number of nitrogens with zero attached hydrogens (tertiary/aromatic N) is 5. The number of carbonyl (C=O) groups excluding carboxylic acids is 1. The van der Waals surface area contributed by atoms with Crippen molar-refractivity contribution in [3.05, 3.63) is 18.5 Å². The normalized spacial score (nSPS) is 22.5. The van der Waals surface area contributed by atoms with Crippen LogP contribution in [-0.2, 0) is 0 Å². The molecule has 138 valence electrons. The second-order valence-electron chi connectivity index (χ2n) is 7.16. The molecule has 2 aliphatic rings. The summed E-state index contributed by atoms with van der Waals surface area (Å²) in [6, 6.07) is 1.88. The van der Waals surface area contributed by atoms with Gasteiger partial charge in [0, 0.05) is 58.2 Å². The van der Waals surface area contributed by atoms with Crippen LogP contribution in [0, 0.1) is 5.92 Å². The Morgan fingerprint density at radius 2 is 2.00 bits per heavy atom. The first-order valence-corrected chi connectivity index (χ1v) is 9.49. The van der Waals surface area contributed by atoms with Crippen LogP contribution in [0.15, 0.2) is 18.5 Å². The van der Waals surface area contributed by atoms with Crippen molar-refractivity contribution in [2.75, 3.05) is 57.3 Å². The van der Waals surface area contributed by atoms with Crippen molar-refractivity contribution in [1.82, 2.24) is 25.1 Å². The van der Waals surface area contributed by atoms with E-state index in [-0.39, 0.29) is 6.03 Å². The van der Waals surface area contributed by atoms with Crippen LogP contribution < -0.4 is 10.2 Å². The van der Waals surface area contributed by atoms with Crippen LogP contribution in [-0.4, -0.2) is 78.2 Å². The third-order valence-electron chi connectivity index (χ3n) is 5.06. The van der Waals surface area contributed by atoms with E-state index in [2.05, 4.69) is 32.0 Å². The molecule has 1 N–H and O–H groups in total. The maximum Gasteiger partial charge on any atom is 0.317 e. The van der Waals surface area contributed by atoms with E-state index in [9.17, 15) is 4.79 Å². The standard InChI is InChI=1S/C18H30N6O/c1-16-5-2-9-22(15-16)12-8-21-18(25)24-11-4-10-23(13-14-24)17-19-6-3-7-20-17/h3,6-7,16H,2,4-5,8-15H2,1H3,(H,21,25)/t16-/m1/s1. The molecule has 2 saturated heterocycles. The first-order valence-electron chi connectivity index (χ1n) is 9.49. The Morgan fingerprint density at radius 3 is 2.80 bits per heavy atom. The minimum atomic E-state index is 0.0564. The first kappa shape index (κ1) is 17.9. The second-order valence-corrected chi connectivity index (χ2v) is 7.16. The molecule has 7 heteroatoms. The Bertz CT molecular complexity index is 540. The monoisotopic (exact) mass is 346 g/mol. The molecule has 2 fully saturated rings. The van der Waals surface area contributed by atoms with Crippen LogP contribution in [0.2, 0.25) is 0 Å². The summed E-state index contributed by atoms with van der Waals surface area (Å²) in [5.41, 5.74) is 0. The number of amides is 2. The smallest absolute Gasteiger partial charge is 0.317 e. The molecule has 0 aromatic carbocycles. The average Bonchev–Trinajstić information content (AvgIpc) is 2.89. The molecule has 25 heavy (non-hydrogen) atoms. The highest BCUT2D eigenvalue weighted by Crippen LogP contribution is 2.14. The van der Waals surface area contributed by atoms with Gasteiger partial charge in [0.15, 0.2) is 0 Å². The van der Waals surface area contributed by atoms with Crippen molar-refractivity contribution in [1.29, 1.82) is 0 Å². The molecule has 0 unspecified atom stereocenters. The zero-order valence-electron chi connectivity index (χ0n) is 15.2. The summed E-state index contributed by atoms with van der Waals surface area (Å²) in [6.07, 6.45) is 7.07. The number of rotatable bonds is 4. The fraction of sp³-hybridized carbons (Fsp3) is 0.722. The summed E-state index contributed by atoms with van der Waals surface area (Å²) in [5.74, 6) is 1.53. The summed E-state index contributed by atoms with van der Waals surface area (Å²) in [4.78, 5) is 27.6. The number of hydrogen-bond acceptors (Lipinski definition) is 5. The van der Waals surface area contributed by atoms with Gasteiger partial charge in [0.1, 0.15) is 0 Å². The van der Waals surface area contributed by atoms with Crippen molar-refractivity contribution in [2.24, 2.45) is 5.92 Å². The fourth-order valence-corrected chi connectivity index (χ4v) is 3.70. The molecule has 0 aliphatic carbocycles. The molecule has 3 heterocycles. The van der Waals surface area contributed by atoms with Crippen LogP contribution in [0.3, 0.4) is 0 Å². The maximum atomic E-state index is 12.4. The van der Waals surface area contributed by atoms with Gasteiger partial charge in [-0.15, -0.1) is 0 Å². The summed E-state index contributed by atoms with van der Waals surface area (Å²) in [6.45, 7) is 9.48. The Morgan fingerprint density at radius 1 is 1.16 bits per heavy atom. The molecule has 0 radical (unpaired) electrons. The fourth-order valence-electron chi connectivity index (χ4n) is 3.70.